The molecule has 3 rings (SSSR count). The van der Waals surface area contributed by atoms with Gasteiger partial charge in [0.05, 0.1) is 18.7 Å². The van der Waals surface area contributed by atoms with Crippen LogP contribution in [-0.4, -0.2) is 40.6 Å². The Labute approximate surface area is 138 Å². The normalized spacial score (nSPS) is 18.9. The second kappa shape index (κ2) is 7.56. The van der Waals surface area contributed by atoms with Crippen molar-refractivity contribution < 1.29 is 9.21 Å². The Morgan fingerprint density at radius 2 is 2.43 bits per heavy atom. The summed E-state index contributed by atoms with van der Waals surface area (Å²) < 4.78 is 5.38. The number of hydrogen-bond donors (Lipinski definition) is 2. The lowest BCUT2D eigenvalue weighted by molar-refractivity contribution is -0.126. The molecule has 0 aromatic carbocycles. The van der Waals surface area contributed by atoms with E-state index >= 15 is 0 Å². The zero-order valence-electron chi connectivity index (χ0n) is 12.9. The standard InChI is InChI=1S/C15H21N5O2S/c16-15-19-18-13(23-15)5-6-17-14(21)11-3-1-7-20(9-11)10-12-4-2-8-22-12/h2,4,8,11H,1,3,5-7,9-10H2,(H2,16,19)(H,17,21)/t11-/m1/s1. The summed E-state index contributed by atoms with van der Waals surface area (Å²) in [6.45, 7) is 3.12. The number of nitrogens with zero attached hydrogens (tertiary/aromatic N) is 3. The molecular weight excluding hydrogens is 314 g/mol. The average Bonchev–Trinajstić information content (AvgIpc) is 3.19. The zero-order valence-corrected chi connectivity index (χ0v) is 13.7. The Kier molecular flexibility index (Phi) is 5.24. The first-order valence-corrected chi connectivity index (χ1v) is 8.62. The van der Waals surface area contributed by atoms with Crippen molar-refractivity contribution >= 4 is 22.4 Å². The van der Waals surface area contributed by atoms with Crippen LogP contribution in [0, 0.1) is 5.92 Å². The van der Waals surface area contributed by atoms with Crippen LogP contribution in [0.1, 0.15) is 23.6 Å². The Bertz CT molecular complexity index is 628. The van der Waals surface area contributed by atoms with Gasteiger partial charge in [-0.25, -0.2) is 0 Å². The number of aromatic nitrogens is 2. The number of nitrogens with one attached hydrogen (secondary N) is 1. The molecular formula is C15H21N5O2S. The summed E-state index contributed by atoms with van der Waals surface area (Å²) in [7, 11) is 0. The molecule has 0 spiro atoms. The number of nitrogens with two attached hydrogens (primary N) is 1. The molecule has 1 amide bonds. The monoisotopic (exact) mass is 335 g/mol. The molecule has 0 saturated carbocycles. The van der Waals surface area contributed by atoms with Crippen molar-refractivity contribution in [3.05, 3.63) is 29.2 Å². The van der Waals surface area contributed by atoms with Crippen LogP contribution in [0.15, 0.2) is 22.8 Å². The largest absolute Gasteiger partial charge is 0.468 e. The van der Waals surface area contributed by atoms with Gasteiger partial charge in [0.25, 0.3) is 0 Å². The quantitative estimate of drug-likeness (QED) is 0.825. The number of likely N-dealkylation sites (tertiary alicyclic amines) is 1. The van der Waals surface area contributed by atoms with Gasteiger partial charge in [-0.2, -0.15) is 0 Å². The summed E-state index contributed by atoms with van der Waals surface area (Å²) in [4.78, 5) is 14.6. The molecule has 124 valence electrons. The number of piperidine rings is 1. The highest BCUT2D eigenvalue weighted by molar-refractivity contribution is 7.15. The summed E-state index contributed by atoms with van der Waals surface area (Å²) in [5.74, 6) is 1.10. The fraction of sp³-hybridized carbons (Fsp3) is 0.533. The second-order valence-electron chi connectivity index (χ2n) is 5.73. The minimum absolute atomic E-state index is 0.0400. The Morgan fingerprint density at radius 3 is 3.17 bits per heavy atom. The number of hydrogen-bond acceptors (Lipinski definition) is 7. The summed E-state index contributed by atoms with van der Waals surface area (Å²) in [6, 6.07) is 3.86. The molecule has 0 unspecified atom stereocenters. The molecule has 1 atom stereocenters. The van der Waals surface area contributed by atoms with E-state index in [0.717, 1.165) is 43.2 Å². The Morgan fingerprint density at radius 1 is 1.52 bits per heavy atom. The third kappa shape index (κ3) is 4.52. The van der Waals surface area contributed by atoms with E-state index in [9.17, 15) is 4.79 Å². The zero-order chi connectivity index (χ0) is 16.1. The van der Waals surface area contributed by atoms with Crippen molar-refractivity contribution in [1.82, 2.24) is 20.4 Å². The Hall–Kier alpha value is -1.93. The van der Waals surface area contributed by atoms with E-state index in [2.05, 4.69) is 20.4 Å². The van der Waals surface area contributed by atoms with Crippen LogP contribution < -0.4 is 11.1 Å². The van der Waals surface area contributed by atoms with Crippen LogP contribution in [0.3, 0.4) is 0 Å². The van der Waals surface area contributed by atoms with E-state index in [-0.39, 0.29) is 11.8 Å². The predicted molar refractivity (Wildman–Crippen MR) is 87.7 cm³/mol. The molecule has 8 heteroatoms. The number of anilines is 1. The summed E-state index contributed by atoms with van der Waals surface area (Å²) in [5, 5.41) is 12.0. The van der Waals surface area contributed by atoms with E-state index in [0.29, 0.717) is 18.1 Å². The van der Waals surface area contributed by atoms with Gasteiger partial charge >= 0.3 is 0 Å². The molecule has 7 nitrogen and oxygen atoms in total. The van der Waals surface area contributed by atoms with Gasteiger partial charge < -0.3 is 15.5 Å². The molecule has 1 saturated heterocycles. The minimum atomic E-state index is 0.0400. The van der Waals surface area contributed by atoms with Crippen LogP contribution in [0.2, 0.25) is 0 Å². The maximum Gasteiger partial charge on any atom is 0.224 e. The van der Waals surface area contributed by atoms with Gasteiger partial charge in [-0.15, -0.1) is 10.2 Å². The maximum absolute atomic E-state index is 12.3. The SMILES string of the molecule is Nc1nnc(CCNC(=O)[C@@H]2CCCN(Cc3ccco3)C2)s1. The molecule has 0 bridgehead atoms. The smallest absolute Gasteiger partial charge is 0.224 e. The lowest BCUT2D eigenvalue weighted by atomic mass is 9.97. The number of carbonyl (C=O) groups is 1. The molecule has 3 N–H and O–H groups in total. The van der Waals surface area contributed by atoms with Gasteiger partial charge in [0.15, 0.2) is 0 Å². The molecule has 3 heterocycles. The third-order valence-electron chi connectivity index (χ3n) is 3.96. The van der Waals surface area contributed by atoms with Gasteiger partial charge in [0.1, 0.15) is 10.8 Å². The number of nitrogen functional groups attached to an aromatic ring is 1. The maximum atomic E-state index is 12.3. The molecule has 0 aliphatic carbocycles. The Balaban J connectivity index is 1.43. The molecule has 23 heavy (non-hydrogen) atoms. The van der Waals surface area contributed by atoms with Crippen molar-refractivity contribution in [1.29, 1.82) is 0 Å². The van der Waals surface area contributed by atoms with Crippen molar-refractivity contribution in [3.63, 3.8) is 0 Å². The van der Waals surface area contributed by atoms with E-state index in [4.69, 9.17) is 10.2 Å². The first kappa shape index (κ1) is 15.9. The molecule has 0 radical (unpaired) electrons. The summed E-state index contributed by atoms with van der Waals surface area (Å²) >= 11 is 1.36. The van der Waals surface area contributed by atoms with Crippen molar-refractivity contribution in [2.75, 3.05) is 25.4 Å². The topological polar surface area (TPSA) is 97.3 Å². The van der Waals surface area contributed by atoms with E-state index < -0.39 is 0 Å². The van der Waals surface area contributed by atoms with E-state index in [1.165, 1.54) is 11.3 Å². The van der Waals surface area contributed by atoms with E-state index in [1.54, 1.807) is 6.26 Å². The van der Waals surface area contributed by atoms with Gasteiger partial charge in [0.2, 0.25) is 11.0 Å². The minimum Gasteiger partial charge on any atom is -0.468 e. The first-order valence-electron chi connectivity index (χ1n) is 7.81. The van der Waals surface area contributed by atoms with Gasteiger partial charge in [-0.1, -0.05) is 11.3 Å². The van der Waals surface area contributed by atoms with Crippen LogP contribution in [-0.2, 0) is 17.8 Å². The number of furan rings is 1. The lowest BCUT2D eigenvalue weighted by Crippen LogP contribution is -2.43. The van der Waals surface area contributed by atoms with Crippen LogP contribution in [0.5, 0.6) is 0 Å². The lowest BCUT2D eigenvalue weighted by Gasteiger charge is -2.31. The molecule has 2 aromatic rings. The highest BCUT2D eigenvalue weighted by atomic mass is 32.1. The predicted octanol–water partition coefficient (Wildman–Crippen LogP) is 1.28. The first-order chi connectivity index (χ1) is 11.2. The van der Waals surface area contributed by atoms with Crippen molar-refractivity contribution in [2.24, 2.45) is 5.92 Å². The number of carbonyl (C=O) groups excluding carboxylic acids is 1. The number of amides is 1. The highest BCUT2D eigenvalue weighted by Gasteiger charge is 2.25. The van der Waals surface area contributed by atoms with Gasteiger partial charge in [0, 0.05) is 19.5 Å². The van der Waals surface area contributed by atoms with Crippen molar-refractivity contribution in [2.45, 2.75) is 25.8 Å². The molecule has 1 fully saturated rings. The average molecular weight is 335 g/mol. The highest BCUT2D eigenvalue weighted by Crippen LogP contribution is 2.19. The van der Waals surface area contributed by atoms with Crippen LogP contribution >= 0.6 is 11.3 Å². The fourth-order valence-corrected chi connectivity index (χ4v) is 3.45. The summed E-state index contributed by atoms with van der Waals surface area (Å²) in [5.41, 5.74) is 5.54. The van der Waals surface area contributed by atoms with E-state index in [1.807, 2.05) is 12.1 Å². The summed E-state index contributed by atoms with van der Waals surface area (Å²) in [6.07, 6.45) is 4.32. The molecule has 1 aliphatic rings. The van der Waals surface area contributed by atoms with Crippen LogP contribution in [0.4, 0.5) is 5.13 Å². The van der Waals surface area contributed by atoms with Gasteiger partial charge in [-0.3, -0.25) is 9.69 Å². The molecule has 2 aromatic heterocycles. The van der Waals surface area contributed by atoms with Gasteiger partial charge in [-0.05, 0) is 31.5 Å². The second-order valence-corrected chi connectivity index (χ2v) is 6.82. The molecule has 1 aliphatic heterocycles. The van der Waals surface area contributed by atoms with Crippen LogP contribution in [0.25, 0.3) is 0 Å². The van der Waals surface area contributed by atoms with Crippen molar-refractivity contribution in [3.8, 4) is 0 Å². The fourth-order valence-electron chi connectivity index (χ4n) is 2.84. The third-order valence-corrected chi connectivity index (χ3v) is 4.77. The number of rotatable bonds is 6.